The van der Waals surface area contributed by atoms with E-state index in [2.05, 4.69) is 56.0 Å². The minimum atomic E-state index is 0.413. The summed E-state index contributed by atoms with van der Waals surface area (Å²) in [7, 11) is 1.95. The molecule has 4 aromatic rings. The van der Waals surface area contributed by atoms with E-state index in [0.717, 1.165) is 27.3 Å². The second-order valence-electron chi connectivity index (χ2n) is 7.35. The van der Waals surface area contributed by atoms with Crippen molar-refractivity contribution in [2.75, 3.05) is 17.8 Å². The molecule has 0 amide bonds. The number of nitrogens with one attached hydrogen (secondary N) is 1. The van der Waals surface area contributed by atoms with Crippen LogP contribution < -0.4 is 4.72 Å². The van der Waals surface area contributed by atoms with Gasteiger partial charge in [0.15, 0.2) is 5.82 Å². The first-order chi connectivity index (χ1) is 14.2. The third-order valence-electron chi connectivity index (χ3n) is 5.52. The van der Waals surface area contributed by atoms with Crippen LogP contribution in [0, 0.1) is 0 Å². The average molecular weight is 406 g/mol. The highest BCUT2D eigenvalue weighted by Crippen LogP contribution is 2.29. The molecule has 1 fully saturated rings. The Labute approximate surface area is 173 Å². The van der Waals surface area contributed by atoms with Gasteiger partial charge in [0.1, 0.15) is 0 Å². The summed E-state index contributed by atoms with van der Waals surface area (Å²) < 4.78 is 7.15. The Hall–Kier alpha value is -2.84. The van der Waals surface area contributed by atoms with Gasteiger partial charge in [0, 0.05) is 30.9 Å². The van der Waals surface area contributed by atoms with E-state index < -0.39 is 0 Å². The topological polar surface area (TPSA) is 63.8 Å². The molecule has 0 radical (unpaired) electrons. The van der Waals surface area contributed by atoms with Crippen molar-refractivity contribution < 1.29 is 0 Å². The van der Waals surface area contributed by atoms with E-state index in [-0.39, 0.29) is 0 Å². The van der Waals surface area contributed by atoms with Gasteiger partial charge in [-0.25, -0.2) is 9.67 Å². The van der Waals surface area contributed by atoms with Gasteiger partial charge in [-0.1, -0.05) is 12.1 Å². The lowest BCUT2D eigenvalue weighted by atomic mass is 10.0. The molecule has 29 heavy (non-hydrogen) atoms. The van der Waals surface area contributed by atoms with Gasteiger partial charge in [0.05, 0.1) is 28.5 Å². The van der Waals surface area contributed by atoms with Crippen molar-refractivity contribution in [2.24, 2.45) is 7.05 Å². The van der Waals surface area contributed by atoms with Crippen LogP contribution in [0.15, 0.2) is 60.0 Å². The maximum Gasteiger partial charge on any atom is 0.153 e. The normalized spacial score (nSPS) is 15.4. The molecule has 8 heteroatoms. The number of pyridine rings is 1. The van der Waals surface area contributed by atoms with E-state index >= 15 is 0 Å². The van der Waals surface area contributed by atoms with Gasteiger partial charge in [-0.05, 0) is 62.1 Å². The fraction of sp³-hybridized carbons (Fsp3) is 0.286. The number of hydrogen-bond donors (Lipinski definition) is 1. The minimum Gasteiger partial charge on any atom is -0.324 e. The molecule has 0 saturated carbocycles. The van der Waals surface area contributed by atoms with Gasteiger partial charge >= 0.3 is 0 Å². The number of nitrogens with zero attached hydrogens (tertiary/aromatic N) is 6. The quantitative estimate of drug-likeness (QED) is 0.489. The molecule has 7 nitrogen and oxygen atoms in total. The van der Waals surface area contributed by atoms with Crippen molar-refractivity contribution in [1.29, 1.82) is 0 Å². The maximum absolute atomic E-state index is 4.51. The third-order valence-corrected chi connectivity index (χ3v) is 6.29. The molecular weight excluding hydrogens is 382 g/mol. The largest absolute Gasteiger partial charge is 0.324 e. The molecule has 0 spiro atoms. The Morgan fingerprint density at radius 2 is 2.03 bits per heavy atom. The van der Waals surface area contributed by atoms with Crippen molar-refractivity contribution in [2.45, 2.75) is 24.3 Å². The summed E-state index contributed by atoms with van der Waals surface area (Å²) in [6, 6.07) is 10.8. The zero-order valence-electron chi connectivity index (χ0n) is 16.5. The van der Waals surface area contributed by atoms with E-state index in [9.17, 15) is 0 Å². The number of para-hydroxylation sites is 1. The van der Waals surface area contributed by atoms with Gasteiger partial charge in [-0.15, -0.1) is 0 Å². The van der Waals surface area contributed by atoms with E-state index in [1.807, 2.05) is 47.3 Å². The van der Waals surface area contributed by atoms with Gasteiger partial charge in [-0.2, -0.15) is 10.2 Å². The Morgan fingerprint density at radius 1 is 1.14 bits per heavy atom. The molecular formula is C21H23N7S. The van der Waals surface area contributed by atoms with Crippen LogP contribution in [0.25, 0.3) is 16.7 Å². The molecule has 1 unspecified atom stereocenters. The van der Waals surface area contributed by atoms with Gasteiger partial charge in [0.25, 0.3) is 0 Å². The molecule has 1 saturated heterocycles. The summed E-state index contributed by atoms with van der Waals surface area (Å²) in [5.41, 5.74) is 3.39. The lowest BCUT2D eigenvalue weighted by Crippen LogP contribution is -2.39. The van der Waals surface area contributed by atoms with E-state index in [4.69, 9.17) is 0 Å². The maximum atomic E-state index is 4.51. The molecule has 148 valence electrons. The number of aryl methyl sites for hydroxylation is 1. The van der Waals surface area contributed by atoms with Gasteiger partial charge in [0.2, 0.25) is 0 Å². The van der Waals surface area contributed by atoms with E-state index in [1.54, 1.807) is 0 Å². The third kappa shape index (κ3) is 3.49. The zero-order valence-corrected chi connectivity index (χ0v) is 17.3. The van der Waals surface area contributed by atoms with Crippen molar-refractivity contribution >= 4 is 28.5 Å². The molecule has 0 bridgehead atoms. The average Bonchev–Trinajstić information content (AvgIpc) is 3.33. The fourth-order valence-electron chi connectivity index (χ4n) is 3.67. The van der Waals surface area contributed by atoms with Crippen LogP contribution in [0.4, 0.5) is 5.69 Å². The highest BCUT2D eigenvalue weighted by molar-refractivity contribution is 8.00. The van der Waals surface area contributed by atoms with E-state index in [1.165, 1.54) is 37.0 Å². The zero-order chi connectivity index (χ0) is 19.8. The molecule has 3 aromatic heterocycles. The van der Waals surface area contributed by atoms with Crippen LogP contribution in [0.1, 0.15) is 24.9 Å². The van der Waals surface area contributed by atoms with Crippen molar-refractivity contribution in [3.05, 3.63) is 60.7 Å². The second kappa shape index (κ2) is 7.53. The smallest absolute Gasteiger partial charge is 0.153 e. The highest BCUT2D eigenvalue weighted by atomic mass is 32.2. The molecule has 1 atom stereocenters. The Kier molecular flexibility index (Phi) is 4.73. The summed E-state index contributed by atoms with van der Waals surface area (Å²) in [5, 5.41) is 9.97. The predicted molar refractivity (Wildman–Crippen MR) is 116 cm³/mol. The predicted octanol–water partition coefficient (Wildman–Crippen LogP) is 4.04. The Morgan fingerprint density at radius 3 is 2.86 bits per heavy atom. The van der Waals surface area contributed by atoms with Crippen LogP contribution in [0.2, 0.25) is 0 Å². The lowest BCUT2D eigenvalue weighted by Gasteiger charge is -2.36. The monoisotopic (exact) mass is 405 g/mol. The summed E-state index contributed by atoms with van der Waals surface area (Å²) in [5.74, 6) is 0.843. The number of hydrogen-bond acceptors (Lipinski definition) is 6. The first kappa shape index (κ1) is 18.2. The second-order valence-corrected chi connectivity index (χ2v) is 8.23. The summed E-state index contributed by atoms with van der Waals surface area (Å²) >= 11 is 1.53. The standard InChI is InChI=1S/C21H23N7S/c1-15(27-9-4-10-27)16-7-8-22-20(11-16)28-14-18(13-24-28)29-25-19-6-3-5-17-12-23-26(2)21(17)19/h3,5-8,11-15,25H,4,9-10H2,1-2H3. The van der Waals surface area contributed by atoms with Crippen molar-refractivity contribution in [3.63, 3.8) is 0 Å². The first-order valence-corrected chi connectivity index (χ1v) is 10.6. The first-order valence-electron chi connectivity index (χ1n) is 9.78. The molecule has 0 aliphatic carbocycles. The van der Waals surface area contributed by atoms with Crippen LogP contribution in [-0.2, 0) is 7.05 Å². The van der Waals surface area contributed by atoms with Crippen LogP contribution >= 0.6 is 11.9 Å². The lowest BCUT2D eigenvalue weighted by molar-refractivity contribution is 0.128. The number of benzene rings is 1. The molecule has 1 aromatic carbocycles. The van der Waals surface area contributed by atoms with E-state index in [0.29, 0.717) is 6.04 Å². The number of anilines is 1. The number of fused-ring (bicyclic) bond motifs is 1. The molecule has 1 aliphatic heterocycles. The fourth-order valence-corrected chi connectivity index (χ4v) is 4.32. The molecule has 5 rings (SSSR count). The SMILES string of the molecule is CC(c1ccnc(-n2cc(SNc3cccc4cnn(C)c34)cn2)c1)N1CCC1. The Balaban J connectivity index is 1.32. The highest BCUT2D eigenvalue weighted by Gasteiger charge is 2.21. The molecule has 1 aliphatic rings. The molecule has 4 heterocycles. The number of likely N-dealkylation sites (tertiary alicyclic amines) is 1. The van der Waals surface area contributed by atoms with Crippen LogP contribution in [0.3, 0.4) is 0 Å². The van der Waals surface area contributed by atoms with Crippen LogP contribution in [0.5, 0.6) is 0 Å². The number of aromatic nitrogens is 5. The number of rotatable bonds is 6. The summed E-state index contributed by atoms with van der Waals surface area (Å²) in [6.07, 6.45) is 8.90. The van der Waals surface area contributed by atoms with Crippen molar-refractivity contribution in [3.8, 4) is 5.82 Å². The summed E-state index contributed by atoms with van der Waals surface area (Å²) in [4.78, 5) is 8.01. The Bertz CT molecular complexity index is 1140. The minimum absolute atomic E-state index is 0.413. The van der Waals surface area contributed by atoms with Crippen molar-refractivity contribution in [1.82, 2.24) is 29.4 Å². The molecule has 1 N–H and O–H groups in total. The van der Waals surface area contributed by atoms with Gasteiger partial charge < -0.3 is 4.72 Å². The van der Waals surface area contributed by atoms with Gasteiger partial charge in [-0.3, -0.25) is 9.58 Å². The van der Waals surface area contributed by atoms with Crippen LogP contribution in [-0.4, -0.2) is 42.5 Å². The summed E-state index contributed by atoms with van der Waals surface area (Å²) in [6.45, 7) is 4.61.